The molecule has 0 rings (SSSR count). The van der Waals surface area contributed by atoms with E-state index >= 15 is 0 Å². The van der Waals surface area contributed by atoms with E-state index in [-0.39, 0.29) is 5.41 Å². The molecule has 0 spiro atoms. The van der Waals surface area contributed by atoms with Crippen molar-refractivity contribution in [2.45, 2.75) is 39.4 Å². The molecule has 70 valence electrons. The van der Waals surface area contributed by atoms with Crippen LogP contribution >= 0.6 is 0 Å². The van der Waals surface area contributed by atoms with E-state index in [9.17, 15) is 4.21 Å². The molecule has 0 aromatic heterocycles. The third-order valence-electron chi connectivity index (χ3n) is 1.18. The zero-order chi connectivity index (χ0) is 9.99. The van der Waals surface area contributed by atoms with Crippen LogP contribution in [0.1, 0.15) is 34.6 Å². The van der Waals surface area contributed by atoms with E-state index in [2.05, 4.69) is 11.8 Å². The third kappa shape index (κ3) is 4.53. The van der Waals surface area contributed by atoms with Crippen LogP contribution in [0.4, 0.5) is 0 Å². The number of rotatable bonds is 1. The van der Waals surface area contributed by atoms with E-state index in [1.807, 2.05) is 20.8 Å². The van der Waals surface area contributed by atoms with Crippen LogP contribution in [0.2, 0.25) is 0 Å². The molecule has 1 atom stereocenters. The molecule has 0 amide bonds. The average Bonchev–Trinajstić information content (AvgIpc) is 1.82. The molecule has 0 saturated heterocycles. The Morgan fingerprint density at radius 2 is 1.50 bits per heavy atom. The molecule has 2 nitrogen and oxygen atoms in total. The zero-order valence-electron chi connectivity index (χ0n) is 8.26. The Morgan fingerprint density at radius 1 is 1.08 bits per heavy atom. The summed E-state index contributed by atoms with van der Waals surface area (Å²) in [6, 6.07) is 0. The van der Waals surface area contributed by atoms with Crippen LogP contribution in [0.5, 0.6) is 0 Å². The third-order valence-corrected chi connectivity index (χ3v) is 2.15. The van der Waals surface area contributed by atoms with Crippen LogP contribution < -0.4 is 0 Å². The Morgan fingerprint density at radius 3 is 1.75 bits per heavy atom. The van der Waals surface area contributed by atoms with Gasteiger partial charge >= 0.3 is 0 Å². The van der Waals surface area contributed by atoms with Crippen LogP contribution in [0, 0.1) is 17.3 Å². The van der Waals surface area contributed by atoms with Gasteiger partial charge in [0.1, 0.15) is 4.75 Å². The molecule has 0 fully saturated rings. The second-order valence-electron chi connectivity index (χ2n) is 4.26. The highest BCUT2D eigenvalue weighted by Crippen LogP contribution is 2.14. The average molecular weight is 188 g/mol. The van der Waals surface area contributed by atoms with Gasteiger partial charge in [-0.25, -0.2) is 4.21 Å². The predicted octanol–water partition coefficient (Wildman–Crippen LogP) is 2.04. The van der Waals surface area contributed by atoms with Crippen molar-refractivity contribution in [3.63, 3.8) is 0 Å². The highest BCUT2D eigenvalue weighted by molar-refractivity contribution is 7.81. The Balaban J connectivity index is 4.61. The van der Waals surface area contributed by atoms with Gasteiger partial charge in [0.15, 0.2) is 11.1 Å². The predicted molar refractivity (Wildman–Crippen MR) is 52.1 cm³/mol. The summed E-state index contributed by atoms with van der Waals surface area (Å²) in [5.41, 5.74) is -0.114. The van der Waals surface area contributed by atoms with Crippen LogP contribution in [0.3, 0.4) is 0 Å². The van der Waals surface area contributed by atoms with Crippen LogP contribution in [0.15, 0.2) is 0 Å². The fourth-order valence-electron chi connectivity index (χ4n) is 0.382. The fraction of sp³-hybridized carbons (Fsp3) is 0.778. The first-order valence-electron chi connectivity index (χ1n) is 3.80. The Labute approximate surface area is 77.0 Å². The topological polar surface area (TPSA) is 37.3 Å². The number of hydrogen-bond donors (Lipinski definition) is 1. The van der Waals surface area contributed by atoms with Crippen molar-refractivity contribution in [2.75, 3.05) is 0 Å². The highest BCUT2D eigenvalue weighted by Gasteiger charge is 2.22. The molecule has 0 aromatic carbocycles. The smallest absolute Gasteiger partial charge is 0.171 e. The van der Waals surface area contributed by atoms with Gasteiger partial charge in [0, 0.05) is 5.41 Å². The van der Waals surface area contributed by atoms with Crippen LogP contribution in [-0.4, -0.2) is 13.5 Å². The maximum Gasteiger partial charge on any atom is 0.171 e. The molecular weight excluding hydrogens is 172 g/mol. The van der Waals surface area contributed by atoms with E-state index in [0.717, 1.165) is 0 Å². The number of hydrogen-bond acceptors (Lipinski definition) is 1. The minimum absolute atomic E-state index is 0.114. The first kappa shape index (κ1) is 11.7. The standard InChI is InChI=1S/C9H16O2S/c1-8(2,3)6-7-9(4,5)12(10)11/h1-5H3,(H,10,11). The molecule has 0 saturated carbocycles. The van der Waals surface area contributed by atoms with E-state index in [0.29, 0.717) is 0 Å². The van der Waals surface area contributed by atoms with Crippen molar-refractivity contribution in [3.05, 3.63) is 0 Å². The van der Waals surface area contributed by atoms with Gasteiger partial charge in [0.05, 0.1) is 0 Å². The van der Waals surface area contributed by atoms with Crippen LogP contribution in [-0.2, 0) is 11.1 Å². The maximum atomic E-state index is 10.7. The summed E-state index contributed by atoms with van der Waals surface area (Å²) < 4.78 is 18.8. The fourth-order valence-corrected chi connectivity index (χ4v) is 0.520. The van der Waals surface area contributed by atoms with Crippen molar-refractivity contribution in [3.8, 4) is 11.8 Å². The van der Waals surface area contributed by atoms with Gasteiger partial charge in [-0.2, -0.15) is 0 Å². The van der Waals surface area contributed by atoms with E-state index < -0.39 is 15.8 Å². The second-order valence-corrected chi connectivity index (χ2v) is 5.78. The molecule has 0 aliphatic rings. The maximum absolute atomic E-state index is 10.7. The minimum Gasteiger partial charge on any atom is -0.305 e. The largest absolute Gasteiger partial charge is 0.305 e. The molecule has 1 unspecified atom stereocenters. The van der Waals surface area contributed by atoms with E-state index in [1.54, 1.807) is 13.8 Å². The normalized spacial score (nSPS) is 14.8. The Kier molecular flexibility index (Phi) is 3.49. The molecule has 12 heavy (non-hydrogen) atoms. The Hall–Kier alpha value is -0.330. The van der Waals surface area contributed by atoms with Gasteiger partial charge in [-0.05, 0) is 34.6 Å². The summed E-state index contributed by atoms with van der Waals surface area (Å²) in [5, 5.41) is 0. The second kappa shape index (κ2) is 3.59. The first-order chi connectivity index (χ1) is 5.15. The van der Waals surface area contributed by atoms with Crippen molar-refractivity contribution < 1.29 is 8.76 Å². The molecule has 0 bridgehead atoms. The van der Waals surface area contributed by atoms with Gasteiger partial charge in [0.2, 0.25) is 0 Å². The van der Waals surface area contributed by atoms with Gasteiger partial charge in [-0.3, -0.25) is 0 Å². The summed E-state index contributed by atoms with van der Waals surface area (Å²) in [7, 11) is 0. The summed E-state index contributed by atoms with van der Waals surface area (Å²) in [6.45, 7) is 9.22. The molecule has 0 aliphatic heterocycles. The lowest BCUT2D eigenvalue weighted by Gasteiger charge is -2.14. The minimum atomic E-state index is -1.88. The van der Waals surface area contributed by atoms with Crippen molar-refractivity contribution in [1.29, 1.82) is 0 Å². The SMILES string of the molecule is CC(C)(C)C#CC(C)(C)S(=O)O. The molecule has 1 N–H and O–H groups in total. The van der Waals surface area contributed by atoms with E-state index in [1.165, 1.54) is 0 Å². The van der Waals surface area contributed by atoms with Crippen molar-refractivity contribution in [2.24, 2.45) is 5.41 Å². The summed E-state index contributed by atoms with van der Waals surface area (Å²) in [5.74, 6) is 5.74. The molecule has 0 aromatic rings. The quantitative estimate of drug-likeness (QED) is 0.505. The van der Waals surface area contributed by atoms with Gasteiger partial charge in [0.25, 0.3) is 0 Å². The summed E-state index contributed by atoms with van der Waals surface area (Å²) >= 11 is -1.88. The Bertz CT molecular complexity index is 237. The van der Waals surface area contributed by atoms with Gasteiger partial charge < -0.3 is 4.55 Å². The summed E-state index contributed by atoms with van der Waals surface area (Å²) in [6.07, 6.45) is 0. The zero-order valence-corrected chi connectivity index (χ0v) is 9.08. The molecule has 0 radical (unpaired) electrons. The highest BCUT2D eigenvalue weighted by atomic mass is 32.2. The van der Waals surface area contributed by atoms with Gasteiger partial charge in [-0.1, -0.05) is 11.8 Å². The van der Waals surface area contributed by atoms with Crippen molar-refractivity contribution >= 4 is 11.1 Å². The first-order valence-corrected chi connectivity index (χ1v) is 4.91. The molecular formula is C9H16O2S. The molecule has 0 aliphatic carbocycles. The van der Waals surface area contributed by atoms with E-state index in [4.69, 9.17) is 4.55 Å². The van der Waals surface area contributed by atoms with Crippen LogP contribution in [0.25, 0.3) is 0 Å². The van der Waals surface area contributed by atoms with Crippen molar-refractivity contribution in [1.82, 2.24) is 0 Å². The lowest BCUT2D eigenvalue weighted by atomic mass is 9.97. The summed E-state index contributed by atoms with van der Waals surface area (Å²) in [4.78, 5) is 0. The van der Waals surface area contributed by atoms with Gasteiger partial charge in [-0.15, -0.1) is 0 Å². The molecule has 0 heterocycles. The lowest BCUT2D eigenvalue weighted by molar-refractivity contribution is 0.540. The lowest BCUT2D eigenvalue weighted by Crippen LogP contribution is -2.24. The monoisotopic (exact) mass is 188 g/mol. The molecule has 3 heteroatoms.